The first kappa shape index (κ1) is 18.2. The SMILES string of the molecule is CC1=NS(=O)(=O)N(C)C=C1C(=O)OCc1ccc(C(C)(C)C)cc1. The highest BCUT2D eigenvalue weighted by atomic mass is 32.2. The average Bonchev–Trinajstić information content (AvgIpc) is 2.47. The van der Waals surface area contributed by atoms with E-state index >= 15 is 0 Å². The van der Waals surface area contributed by atoms with Crippen molar-refractivity contribution in [2.75, 3.05) is 7.05 Å². The first-order valence-electron chi connectivity index (χ1n) is 7.54. The van der Waals surface area contributed by atoms with E-state index in [1.54, 1.807) is 0 Å². The molecule has 130 valence electrons. The molecule has 0 N–H and O–H groups in total. The van der Waals surface area contributed by atoms with E-state index in [9.17, 15) is 13.2 Å². The third-order valence-electron chi connectivity index (χ3n) is 3.73. The van der Waals surface area contributed by atoms with Crippen LogP contribution < -0.4 is 0 Å². The molecular formula is C17H22N2O4S. The number of hydrogen-bond acceptors (Lipinski definition) is 4. The Morgan fingerprint density at radius 3 is 2.33 bits per heavy atom. The van der Waals surface area contributed by atoms with Crippen molar-refractivity contribution in [3.63, 3.8) is 0 Å². The largest absolute Gasteiger partial charge is 0.457 e. The molecular weight excluding hydrogens is 328 g/mol. The van der Waals surface area contributed by atoms with Crippen LogP contribution in [-0.2, 0) is 31.8 Å². The van der Waals surface area contributed by atoms with Gasteiger partial charge in [0.2, 0.25) is 0 Å². The topological polar surface area (TPSA) is 76.0 Å². The fraction of sp³-hybridized carbons (Fsp3) is 0.412. The zero-order valence-corrected chi connectivity index (χ0v) is 15.3. The Kier molecular flexibility index (Phi) is 4.85. The standard InChI is InChI=1S/C17H22N2O4S/c1-12-15(10-19(5)24(21,22)18-12)16(20)23-11-13-6-8-14(9-7-13)17(2,3)4/h6-10H,11H2,1-5H3. The fourth-order valence-corrected chi connectivity index (χ4v) is 2.97. The number of rotatable bonds is 3. The second-order valence-corrected chi connectivity index (χ2v) is 8.39. The normalized spacial score (nSPS) is 17.1. The molecule has 0 amide bonds. The highest BCUT2D eigenvalue weighted by Crippen LogP contribution is 2.22. The Bertz CT molecular complexity index is 800. The summed E-state index contributed by atoms with van der Waals surface area (Å²) in [5.41, 5.74) is 2.39. The maximum Gasteiger partial charge on any atom is 0.344 e. The lowest BCUT2D eigenvalue weighted by molar-refractivity contribution is -0.139. The molecule has 0 saturated carbocycles. The van der Waals surface area contributed by atoms with Gasteiger partial charge in [-0.1, -0.05) is 45.0 Å². The van der Waals surface area contributed by atoms with Gasteiger partial charge >= 0.3 is 16.2 Å². The third-order valence-corrected chi connectivity index (χ3v) is 5.06. The van der Waals surface area contributed by atoms with Crippen LogP contribution in [0.25, 0.3) is 0 Å². The zero-order valence-electron chi connectivity index (χ0n) is 14.5. The Labute approximate surface area is 143 Å². The number of ether oxygens (including phenoxy) is 1. The van der Waals surface area contributed by atoms with Crippen LogP contribution in [0.5, 0.6) is 0 Å². The summed E-state index contributed by atoms with van der Waals surface area (Å²) in [5.74, 6) is -0.599. The molecule has 0 fully saturated rings. The molecule has 1 aliphatic rings. The fourth-order valence-electron chi connectivity index (χ4n) is 2.16. The highest BCUT2D eigenvalue weighted by molar-refractivity contribution is 7.88. The Hall–Kier alpha value is -2.15. The first-order chi connectivity index (χ1) is 11.0. The number of nitrogens with zero attached hydrogens (tertiary/aromatic N) is 2. The summed E-state index contributed by atoms with van der Waals surface area (Å²) in [6, 6.07) is 7.85. The summed E-state index contributed by atoms with van der Waals surface area (Å²) >= 11 is 0. The van der Waals surface area contributed by atoms with E-state index in [-0.39, 0.29) is 23.3 Å². The van der Waals surface area contributed by atoms with E-state index < -0.39 is 16.2 Å². The van der Waals surface area contributed by atoms with Crippen LogP contribution in [0.4, 0.5) is 0 Å². The van der Waals surface area contributed by atoms with Crippen molar-refractivity contribution < 1.29 is 17.9 Å². The summed E-state index contributed by atoms with van der Waals surface area (Å²) < 4.78 is 32.9. The second kappa shape index (κ2) is 6.39. The number of carbonyl (C=O) groups is 1. The molecule has 2 rings (SSSR count). The van der Waals surface area contributed by atoms with E-state index in [4.69, 9.17) is 4.74 Å². The minimum Gasteiger partial charge on any atom is -0.457 e. The van der Waals surface area contributed by atoms with Crippen LogP contribution >= 0.6 is 0 Å². The molecule has 24 heavy (non-hydrogen) atoms. The summed E-state index contributed by atoms with van der Waals surface area (Å²) in [5, 5.41) is 0. The molecule has 0 bridgehead atoms. The van der Waals surface area contributed by atoms with Gasteiger partial charge in [0.15, 0.2) is 0 Å². The van der Waals surface area contributed by atoms with Crippen molar-refractivity contribution in [1.29, 1.82) is 0 Å². The zero-order chi connectivity index (χ0) is 18.1. The van der Waals surface area contributed by atoms with Gasteiger partial charge in [-0.15, -0.1) is 4.40 Å². The first-order valence-corrected chi connectivity index (χ1v) is 8.93. The maximum atomic E-state index is 12.2. The summed E-state index contributed by atoms with van der Waals surface area (Å²) in [7, 11) is -2.40. The third kappa shape index (κ3) is 4.03. The number of hydrogen-bond donors (Lipinski definition) is 0. The van der Waals surface area contributed by atoms with E-state index in [2.05, 4.69) is 25.2 Å². The smallest absolute Gasteiger partial charge is 0.344 e. The molecule has 0 spiro atoms. The minimum absolute atomic E-state index is 0.0613. The van der Waals surface area contributed by atoms with E-state index in [0.29, 0.717) is 0 Å². The highest BCUT2D eigenvalue weighted by Gasteiger charge is 2.26. The van der Waals surface area contributed by atoms with Gasteiger partial charge in [0.25, 0.3) is 0 Å². The molecule has 7 heteroatoms. The van der Waals surface area contributed by atoms with Crippen LogP contribution in [0.3, 0.4) is 0 Å². The molecule has 0 atom stereocenters. The minimum atomic E-state index is -3.73. The maximum absolute atomic E-state index is 12.2. The number of benzene rings is 1. The van der Waals surface area contributed by atoms with Gasteiger partial charge in [-0.3, -0.25) is 4.31 Å². The van der Waals surface area contributed by atoms with E-state index in [1.807, 2.05) is 24.3 Å². The quantitative estimate of drug-likeness (QED) is 0.785. The Morgan fingerprint density at radius 2 is 1.79 bits per heavy atom. The Balaban J connectivity index is 2.05. The van der Waals surface area contributed by atoms with Crippen molar-refractivity contribution in [3.8, 4) is 0 Å². The van der Waals surface area contributed by atoms with Gasteiger partial charge in [-0.2, -0.15) is 8.42 Å². The molecule has 0 unspecified atom stereocenters. The van der Waals surface area contributed by atoms with Crippen LogP contribution in [0.15, 0.2) is 40.4 Å². The molecule has 1 aromatic rings. The van der Waals surface area contributed by atoms with Crippen molar-refractivity contribution >= 4 is 21.9 Å². The van der Waals surface area contributed by atoms with Crippen LogP contribution in [-0.4, -0.2) is 31.5 Å². The van der Waals surface area contributed by atoms with Crippen LogP contribution in [0.1, 0.15) is 38.8 Å². The van der Waals surface area contributed by atoms with Gasteiger partial charge in [0, 0.05) is 13.2 Å². The predicted octanol–water partition coefficient (Wildman–Crippen LogP) is 2.56. The average molecular weight is 350 g/mol. The van der Waals surface area contributed by atoms with E-state index in [0.717, 1.165) is 9.87 Å². The second-order valence-electron chi connectivity index (χ2n) is 6.74. The van der Waals surface area contributed by atoms with Gasteiger partial charge in [0.05, 0.1) is 11.3 Å². The molecule has 0 aromatic heterocycles. The monoisotopic (exact) mass is 350 g/mol. The predicted molar refractivity (Wildman–Crippen MR) is 92.8 cm³/mol. The van der Waals surface area contributed by atoms with Crippen LogP contribution in [0, 0.1) is 0 Å². The lowest BCUT2D eigenvalue weighted by atomic mass is 9.87. The van der Waals surface area contributed by atoms with Gasteiger partial charge < -0.3 is 4.74 Å². The molecule has 0 aliphatic carbocycles. The molecule has 1 aromatic carbocycles. The van der Waals surface area contributed by atoms with Gasteiger partial charge in [0.1, 0.15) is 6.61 Å². The van der Waals surface area contributed by atoms with E-state index in [1.165, 1.54) is 25.7 Å². The molecule has 1 aliphatic heterocycles. The lowest BCUT2D eigenvalue weighted by Crippen LogP contribution is -2.29. The van der Waals surface area contributed by atoms with Crippen molar-refractivity contribution in [2.24, 2.45) is 4.40 Å². The van der Waals surface area contributed by atoms with Gasteiger partial charge in [-0.25, -0.2) is 4.79 Å². The summed E-state index contributed by atoms with van der Waals surface area (Å²) in [6.45, 7) is 7.97. The molecule has 1 heterocycles. The van der Waals surface area contributed by atoms with Crippen molar-refractivity contribution in [2.45, 2.75) is 39.7 Å². The summed E-state index contributed by atoms with van der Waals surface area (Å²) in [6.07, 6.45) is 1.22. The Morgan fingerprint density at radius 1 is 1.21 bits per heavy atom. The van der Waals surface area contributed by atoms with Gasteiger partial charge in [-0.05, 0) is 23.5 Å². The lowest BCUT2D eigenvalue weighted by Gasteiger charge is -2.20. The number of esters is 1. The van der Waals surface area contributed by atoms with Crippen molar-refractivity contribution in [3.05, 3.63) is 47.2 Å². The molecule has 0 saturated heterocycles. The summed E-state index contributed by atoms with van der Waals surface area (Å²) in [4.78, 5) is 12.2. The number of carbonyl (C=O) groups excluding carboxylic acids is 1. The van der Waals surface area contributed by atoms with Crippen molar-refractivity contribution in [1.82, 2.24) is 4.31 Å². The molecule has 6 nitrogen and oxygen atoms in total. The van der Waals surface area contributed by atoms with Crippen LogP contribution in [0.2, 0.25) is 0 Å². The molecule has 0 radical (unpaired) electrons.